The summed E-state index contributed by atoms with van der Waals surface area (Å²) < 4.78 is 27.4. The van der Waals surface area contributed by atoms with Crippen molar-refractivity contribution in [3.63, 3.8) is 0 Å². The summed E-state index contributed by atoms with van der Waals surface area (Å²) in [6.07, 6.45) is 1.15. The van der Waals surface area contributed by atoms with Crippen molar-refractivity contribution in [1.82, 2.24) is 4.98 Å². The molecule has 1 heterocycles. The quantitative estimate of drug-likeness (QED) is 0.0781. The Morgan fingerprint density at radius 3 is 2.24 bits per heavy atom. The lowest BCUT2D eigenvalue weighted by molar-refractivity contribution is -0.149. The maximum Gasteiger partial charge on any atom is 0.381 e. The summed E-state index contributed by atoms with van der Waals surface area (Å²) in [6, 6.07) is 20.0. The number of ether oxygens (including phenoxy) is 2. The van der Waals surface area contributed by atoms with Crippen LogP contribution in [0.1, 0.15) is 53.2 Å². The number of hydrogen-bond donors (Lipinski definition) is 0. The molecule has 1 saturated carbocycles. The van der Waals surface area contributed by atoms with Crippen molar-refractivity contribution in [3.8, 4) is 23.4 Å². The first-order valence-corrected chi connectivity index (χ1v) is 18.1. The predicted octanol–water partition coefficient (Wildman–Crippen LogP) is 10.5. The maximum absolute atomic E-state index is 12.7. The van der Waals surface area contributed by atoms with Gasteiger partial charge in [0.05, 0.1) is 24.2 Å². The van der Waals surface area contributed by atoms with Gasteiger partial charge in [-0.15, -0.1) is 0 Å². The standard InChI is InChI=1S/C24H25NO3.C9H11Cl3NO3PS/c1-16(2)13-20-22(24(20,3)4)23(26)28-21(15-25)17-9-8-12-19(14-17)27-18-10-6-5-7-11-18;1-3-14-17(18,15-4-2)16-9-7(11)5-6(10)8(12)13-9/h5-14,20-22H,1-4H3;5H,3-4H2,1-2H3. The summed E-state index contributed by atoms with van der Waals surface area (Å²) in [5.41, 5.74) is 1.63. The molecule has 0 aliphatic heterocycles. The van der Waals surface area contributed by atoms with E-state index < -0.39 is 12.8 Å². The minimum Gasteiger partial charge on any atom is -0.457 e. The molecule has 246 valence electrons. The van der Waals surface area contributed by atoms with Crippen molar-refractivity contribution < 1.29 is 27.8 Å². The molecule has 1 fully saturated rings. The highest BCUT2D eigenvalue weighted by Gasteiger charge is 2.61. The van der Waals surface area contributed by atoms with Crippen molar-refractivity contribution in [1.29, 1.82) is 5.26 Å². The summed E-state index contributed by atoms with van der Waals surface area (Å²) in [6.45, 7) is 9.52. The molecular formula is C33H36Cl3N2O6PS. The number of esters is 1. The molecule has 3 atom stereocenters. The van der Waals surface area contributed by atoms with Gasteiger partial charge in [-0.05, 0) is 69.4 Å². The normalized spacial score (nSPS) is 17.0. The second kappa shape index (κ2) is 16.9. The van der Waals surface area contributed by atoms with Crippen molar-refractivity contribution in [2.24, 2.45) is 17.3 Å². The summed E-state index contributed by atoms with van der Waals surface area (Å²) >= 11 is 22.7. The van der Waals surface area contributed by atoms with Crippen LogP contribution in [0.2, 0.25) is 15.2 Å². The van der Waals surface area contributed by atoms with E-state index in [0.717, 1.165) is 0 Å². The smallest absolute Gasteiger partial charge is 0.381 e. The first-order chi connectivity index (χ1) is 21.7. The molecule has 8 nitrogen and oxygen atoms in total. The number of rotatable bonds is 12. The van der Waals surface area contributed by atoms with Gasteiger partial charge < -0.3 is 14.0 Å². The summed E-state index contributed by atoms with van der Waals surface area (Å²) in [7, 11) is 0. The van der Waals surface area contributed by atoms with Crippen LogP contribution < -0.4 is 9.26 Å². The van der Waals surface area contributed by atoms with Crippen LogP contribution in [0.4, 0.5) is 0 Å². The Balaban J connectivity index is 0.000000277. The number of para-hydroxylation sites is 1. The van der Waals surface area contributed by atoms with Crippen LogP contribution in [0.3, 0.4) is 0 Å². The molecular weight excluding hydrogens is 690 g/mol. The largest absolute Gasteiger partial charge is 0.457 e. The fourth-order valence-electron chi connectivity index (χ4n) is 4.53. The molecule has 2 aromatic carbocycles. The number of hydrogen-bond acceptors (Lipinski definition) is 9. The van der Waals surface area contributed by atoms with Crippen LogP contribution in [0, 0.1) is 28.6 Å². The molecule has 0 bridgehead atoms. The molecule has 13 heteroatoms. The van der Waals surface area contributed by atoms with Crippen LogP contribution in [-0.4, -0.2) is 24.2 Å². The van der Waals surface area contributed by atoms with E-state index >= 15 is 0 Å². The number of aromatic nitrogens is 1. The zero-order valence-electron chi connectivity index (χ0n) is 26.3. The van der Waals surface area contributed by atoms with Crippen LogP contribution in [-0.2, 0) is 30.4 Å². The molecule has 0 radical (unpaired) electrons. The Morgan fingerprint density at radius 2 is 1.65 bits per heavy atom. The number of pyridine rings is 1. The summed E-state index contributed by atoms with van der Waals surface area (Å²) in [5, 5.41) is 10.1. The van der Waals surface area contributed by atoms with Crippen molar-refractivity contribution in [3.05, 3.63) is 93.1 Å². The third-order valence-corrected chi connectivity index (χ3v) is 10.1. The summed E-state index contributed by atoms with van der Waals surface area (Å²) in [4.78, 5) is 16.6. The highest BCUT2D eigenvalue weighted by atomic mass is 35.5. The van der Waals surface area contributed by atoms with Gasteiger partial charge in [0.15, 0.2) is 5.15 Å². The zero-order chi connectivity index (χ0) is 34.1. The lowest BCUT2D eigenvalue weighted by atomic mass is 10.1. The number of carbonyl (C=O) groups is 1. The first-order valence-electron chi connectivity index (χ1n) is 14.4. The predicted molar refractivity (Wildman–Crippen MR) is 185 cm³/mol. The fraction of sp³-hybridized carbons (Fsp3) is 0.364. The minimum atomic E-state index is -2.92. The monoisotopic (exact) mass is 724 g/mol. The van der Waals surface area contributed by atoms with Gasteiger partial charge in [-0.2, -0.15) is 10.2 Å². The van der Waals surface area contributed by atoms with E-state index in [-0.39, 0.29) is 44.3 Å². The van der Waals surface area contributed by atoms with Crippen LogP contribution in [0.5, 0.6) is 17.4 Å². The van der Waals surface area contributed by atoms with Gasteiger partial charge in [0.1, 0.15) is 22.6 Å². The molecule has 0 N–H and O–H groups in total. The Labute approximate surface area is 290 Å². The van der Waals surface area contributed by atoms with Gasteiger partial charge >= 0.3 is 12.7 Å². The minimum absolute atomic E-state index is 0.0521. The van der Waals surface area contributed by atoms with Gasteiger partial charge in [0.2, 0.25) is 12.0 Å². The molecule has 3 aromatic rings. The molecule has 4 rings (SSSR count). The lowest BCUT2D eigenvalue weighted by Crippen LogP contribution is -2.14. The van der Waals surface area contributed by atoms with Gasteiger partial charge in [0.25, 0.3) is 0 Å². The average Bonchev–Trinajstić information content (AvgIpc) is 3.54. The Hall–Kier alpha value is -2.67. The van der Waals surface area contributed by atoms with Crippen LogP contribution in [0.25, 0.3) is 0 Å². The molecule has 46 heavy (non-hydrogen) atoms. The molecule has 1 aromatic heterocycles. The number of halogens is 3. The van der Waals surface area contributed by atoms with Gasteiger partial charge in [-0.25, -0.2) is 0 Å². The van der Waals surface area contributed by atoms with E-state index in [2.05, 4.69) is 31.0 Å². The molecule has 1 aliphatic rings. The first kappa shape index (κ1) is 37.8. The zero-order valence-corrected chi connectivity index (χ0v) is 30.3. The van der Waals surface area contributed by atoms with Crippen LogP contribution in [0.15, 0.2) is 72.3 Å². The summed E-state index contributed by atoms with van der Waals surface area (Å²) in [5.74, 6) is 0.951. The van der Waals surface area contributed by atoms with E-state index in [1.807, 2.05) is 50.2 Å². The SMILES string of the molecule is CC(C)=CC1C(C(=O)OC(C#N)c2cccc(Oc3ccccc3)c2)C1(C)C.CCOP(=S)(OCC)Oc1nc(Cl)c(Cl)cc1Cl. The van der Waals surface area contributed by atoms with Crippen molar-refractivity contribution in [2.45, 2.75) is 47.6 Å². The number of carbonyl (C=O) groups excluding carboxylic acids is 1. The van der Waals surface area contributed by atoms with E-state index in [0.29, 0.717) is 30.3 Å². The second-order valence-corrected chi connectivity index (χ2v) is 15.0. The number of nitriles is 1. The average molecular weight is 726 g/mol. The third kappa shape index (κ3) is 10.4. The lowest BCUT2D eigenvalue weighted by Gasteiger charge is -2.20. The maximum atomic E-state index is 12.7. The highest BCUT2D eigenvalue weighted by molar-refractivity contribution is 8.07. The van der Waals surface area contributed by atoms with Gasteiger partial charge in [0, 0.05) is 17.4 Å². The molecule has 0 amide bonds. The van der Waals surface area contributed by atoms with Gasteiger partial charge in [-0.1, -0.05) is 90.6 Å². The Morgan fingerprint density at radius 1 is 1.02 bits per heavy atom. The van der Waals surface area contributed by atoms with Crippen molar-refractivity contribution >= 4 is 59.3 Å². The van der Waals surface area contributed by atoms with E-state index in [4.69, 9.17) is 69.7 Å². The van der Waals surface area contributed by atoms with Gasteiger partial charge in [-0.3, -0.25) is 13.8 Å². The van der Waals surface area contributed by atoms with Crippen molar-refractivity contribution in [2.75, 3.05) is 13.2 Å². The Kier molecular flexibility index (Phi) is 13.9. The fourth-order valence-corrected chi connectivity index (χ4v) is 7.12. The van der Waals surface area contributed by atoms with E-state index in [9.17, 15) is 10.1 Å². The highest BCUT2D eigenvalue weighted by Crippen LogP contribution is 2.60. The topological polar surface area (TPSA) is 99.9 Å². The molecule has 1 aliphatic carbocycles. The molecule has 0 spiro atoms. The molecule has 3 unspecified atom stereocenters. The van der Waals surface area contributed by atoms with E-state index in [1.54, 1.807) is 32.0 Å². The molecule has 0 saturated heterocycles. The number of benzene rings is 2. The van der Waals surface area contributed by atoms with Crippen LogP contribution >= 0.6 is 41.5 Å². The van der Waals surface area contributed by atoms with E-state index in [1.165, 1.54) is 11.6 Å². The Bertz CT molecular complexity index is 1620. The number of allylic oxidation sites excluding steroid dienone is 2. The second-order valence-electron chi connectivity index (χ2n) is 10.9. The number of nitrogens with zero attached hydrogens (tertiary/aromatic N) is 2. The third-order valence-electron chi connectivity index (χ3n) is 6.80.